The van der Waals surface area contributed by atoms with E-state index in [9.17, 15) is 9.59 Å². The molecule has 184 valence electrons. The Bertz CT molecular complexity index is 1350. The second kappa shape index (κ2) is 12.1. The van der Waals surface area contributed by atoms with Crippen molar-refractivity contribution in [2.75, 3.05) is 6.61 Å². The molecule has 1 heterocycles. The second-order valence-corrected chi connectivity index (χ2v) is 10.7. The van der Waals surface area contributed by atoms with Crippen molar-refractivity contribution in [3.8, 4) is 11.5 Å². The molecule has 0 radical (unpaired) electrons. The number of carbonyl (C=O) groups is 2. The molecule has 36 heavy (non-hydrogen) atoms. The maximum absolute atomic E-state index is 13.0. The largest absolute Gasteiger partial charge is 0.490 e. The third kappa shape index (κ3) is 6.20. The lowest BCUT2D eigenvalue weighted by molar-refractivity contribution is -0.123. The first-order valence-electron chi connectivity index (χ1n) is 10.8. The maximum Gasteiger partial charge on any atom is 0.285 e. The Morgan fingerprint density at radius 3 is 2.58 bits per heavy atom. The molecule has 1 fully saturated rings. The van der Waals surface area contributed by atoms with Crippen molar-refractivity contribution >= 4 is 80.4 Å². The highest BCUT2D eigenvalue weighted by atomic mass is 127. The van der Waals surface area contributed by atoms with Crippen LogP contribution in [0, 0.1) is 3.57 Å². The van der Waals surface area contributed by atoms with Gasteiger partial charge in [-0.1, -0.05) is 59.8 Å². The zero-order valence-corrected chi connectivity index (χ0v) is 23.5. The maximum atomic E-state index is 13.0. The Morgan fingerprint density at radius 1 is 1.14 bits per heavy atom. The summed E-state index contributed by atoms with van der Waals surface area (Å²) in [5.74, 6) is 0.329. The number of rotatable bonds is 8. The average molecular weight is 651 g/mol. The van der Waals surface area contributed by atoms with Gasteiger partial charge in [-0.25, -0.2) is 0 Å². The van der Waals surface area contributed by atoms with E-state index in [0.29, 0.717) is 33.6 Å². The summed E-state index contributed by atoms with van der Waals surface area (Å²) in [7, 11) is 0. The minimum atomic E-state index is -0.415. The monoisotopic (exact) mass is 650 g/mol. The van der Waals surface area contributed by atoms with Gasteiger partial charge < -0.3 is 9.47 Å². The Hall–Kier alpha value is -2.60. The van der Waals surface area contributed by atoms with Crippen molar-refractivity contribution in [3.63, 3.8) is 0 Å². The van der Waals surface area contributed by atoms with Crippen LogP contribution in [0.5, 0.6) is 11.5 Å². The molecule has 1 N–H and O–H groups in total. The summed E-state index contributed by atoms with van der Waals surface area (Å²) in [6, 6.07) is 19.8. The van der Waals surface area contributed by atoms with E-state index in [-0.39, 0.29) is 10.9 Å². The molecule has 1 aliphatic heterocycles. The van der Waals surface area contributed by atoms with Crippen molar-refractivity contribution in [3.05, 3.63) is 96.9 Å². The Morgan fingerprint density at radius 2 is 1.86 bits per heavy atom. The average Bonchev–Trinajstić information content (AvgIpc) is 3.12. The van der Waals surface area contributed by atoms with Gasteiger partial charge in [0.15, 0.2) is 15.8 Å². The summed E-state index contributed by atoms with van der Waals surface area (Å²) in [6.45, 7) is 2.61. The van der Waals surface area contributed by atoms with E-state index in [1.165, 1.54) is 0 Å². The van der Waals surface area contributed by atoms with Crippen LogP contribution in [0.15, 0.2) is 71.6 Å². The minimum Gasteiger partial charge on any atom is -0.490 e. The fraction of sp³-hybridized carbons (Fsp3) is 0.115. The van der Waals surface area contributed by atoms with Crippen LogP contribution in [0.25, 0.3) is 6.08 Å². The van der Waals surface area contributed by atoms with Crippen LogP contribution in [0.4, 0.5) is 0 Å². The summed E-state index contributed by atoms with van der Waals surface area (Å²) in [5.41, 5.74) is 4.62. The van der Waals surface area contributed by atoms with Crippen LogP contribution in [0.1, 0.15) is 28.4 Å². The van der Waals surface area contributed by atoms with Crippen molar-refractivity contribution in [2.45, 2.75) is 13.5 Å². The standard InChI is InChI=1S/C26H20ClIN2O4S2/c1-2-33-21-13-16(12-20(28)23(21)34-15-18-10-6-7-11-19(18)27)14-22-25(32)30(26(35)36-22)29-24(31)17-8-4-3-5-9-17/h3-14H,2,15H2,1H3,(H,29,31). The van der Waals surface area contributed by atoms with Gasteiger partial charge >= 0.3 is 0 Å². The molecule has 2 amide bonds. The third-order valence-electron chi connectivity index (χ3n) is 5.00. The quantitative estimate of drug-likeness (QED) is 0.171. The van der Waals surface area contributed by atoms with Gasteiger partial charge in [0.05, 0.1) is 15.1 Å². The first-order chi connectivity index (χ1) is 17.4. The van der Waals surface area contributed by atoms with Gasteiger partial charge in [0, 0.05) is 16.1 Å². The van der Waals surface area contributed by atoms with Crippen LogP contribution in [0.2, 0.25) is 5.02 Å². The molecule has 1 saturated heterocycles. The predicted octanol–water partition coefficient (Wildman–Crippen LogP) is 6.47. The van der Waals surface area contributed by atoms with Crippen LogP contribution >= 0.6 is 58.2 Å². The van der Waals surface area contributed by atoms with E-state index in [1.807, 2.05) is 49.4 Å². The number of hydrogen-bond acceptors (Lipinski definition) is 6. The number of halogens is 2. The summed E-state index contributed by atoms with van der Waals surface area (Å²) >= 11 is 14.9. The molecule has 1 aliphatic rings. The summed E-state index contributed by atoms with van der Waals surface area (Å²) in [5, 5.41) is 1.72. The lowest BCUT2D eigenvalue weighted by atomic mass is 10.1. The highest BCUT2D eigenvalue weighted by Gasteiger charge is 2.34. The number of nitrogens with zero attached hydrogens (tertiary/aromatic N) is 1. The molecule has 6 nitrogen and oxygen atoms in total. The van der Waals surface area contributed by atoms with Gasteiger partial charge in [-0.2, -0.15) is 5.01 Å². The fourth-order valence-corrected chi connectivity index (χ4v) is 5.46. The number of nitrogens with one attached hydrogen (secondary N) is 1. The lowest BCUT2D eigenvalue weighted by Crippen LogP contribution is -2.44. The number of ether oxygens (including phenoxy) is 2. The zero-order chi connectivity index (χ0) is 25.7. The number of carbonyl (C=O) groups excluding carboxylic acids is 2. The van der Waals surface area contributed by atoms with E-state index in [1.54, 1.807) is 30.3 Å². The molecule has 0 unspecified atom stereocenters. The molecule has 0 aliphatic carbocycles. The highest BCUT2D eigenvalue weighted by Crippen LogP contribution is 2.38. The molecule has 0 saturated carbocycles. The highest BCUT2D eigenvalue weighted by molar-refractivity contribution is 14.1. The number of thioether (sulfide) groups is 1. The van der Waals surface area contributed by atoms with E-state index in [0.717, 1.165) is 31.5 Å². The van der Waals surface area contributed by atoms with Crippen LogP contribution in [-0.2, 0) is 11.4 Å². The topological polar surface area (TPSA) is 67.9 Å². The Labute approximate surface area is 237 Å². The van der Waals surface area contributed by atoms with E-state index < -0.39 is 11.8 Å². The summed E-state index contributed by atoms with van der Waals surface area (Å²) < 4.78 is 13.0. The molecule has 3 aromatic rings. The molecule has 0 spiro atoms. The van der Waals surface area contributed by atoms with Gasteiger partial charge in [0.25, 0.3) is 11.8 Å². The second-order valence-electron chi connectivity index (χ2n) is 7.47. The van der Waals surface area contributed by atoms with E-state index in [4.69, 9.17) is 33.3 Å². The van der Waals surface area contributed by atoms with Crippen LogP contribution in [-0.4, -0.2) is 27.8 Å². The van der Waals surface area contributed by atoms with Gasteiger partial charge in [0.2, 0.25) is 0 Å². The molecule has 3 aromatic carbocycles. The predicted molar refractivity (Wildman–Crippen MR) is 155 cm³/mol. The number of benzene rings is 3. The lowest BCUT2D eigenvalue weighted by Gasteiger charge is -2.16. The van der Waals surface area contributed by atoms with Crippen molar-refractivity contribution in [2.24, 2.45) is 0 Å². The van der Waals surface area contributed by atoms with Gasteiger partial charge in [0.1, 0.15) is 6.61 Å². The SMILES string of the molecule is CCOc1cc(C=C2SC(=S)N(NC(=O)c3ccccc3)C2=O)cc(I)c1OCc1ccccc1Cl. The smallest absolute Gasteiger partial charge is 0.285 e. The Balaban J connectivity index is 1.54. The normalized spacial score (nSPS) is 14.3. The van der Waals surface area contributed by atoms with E-state index in [2.05, 4.69) is 28.0 Å². The first-order valence-corrected chi connectivity index (χ1v) is 13.5. The zero-order valence-electron chi connectivity index (χ0n) is 19.0. The molecular formula is C26H20ClIN2O4S2. The third-order valence-corrected chi connectivity index (χ3v) is 7.47. The first kappa shape index (κ1) is 26.5. The van der Waals surface area contributed by atoms with Gasteiger partial charge in [-0.05, 0) is 83.7 Å². The number of hydrogen-bond donors (Lipinski definition) is 1. The molecule has 0 atom stereocenters. The van der Waals surface area contributed by atoms with Gasteiger partial charge in [-0.3, -0.25) is 15.0 Å². The van der Waals surface area contributed by atoms with Crippen molar-refractivity contribution in [1.29, 1.82) is 0 Å². The molecular weight excluding hydrogens is 631 g/mol. The number of hydrazine groups is 1. The number of thiocarbonyl (C=S) groups is 1. The molecule has 10 heteroatoms. The van der Waals surface area contributed by atoms with Crippen molar-refractivity contribution < 1.29 is 19.1 Å². The Kier molecular flexibility index (Phi) is 8.89. The van der Waals surface area contributed by atoms with Crippen LogP contribution in [0.3, 0.4) is 0 Å². The van der Waals surface area contributed by atoms with E-state index >= 15 is 0 Å². The fourth-order valence-electron chi connectivity index (χ4n) is 3.31. The summed E-state index contributed by atoms with van der Waals surface area (Å²) in [6.07, 6.45) is 1.72. The van der Waals surface area contributed by atoms with Gasteiger partial charge in [-0.15, -0.1) is 0 Å². The minimum absolute atomic E-state index is 0.245. The molecule has 0 bridgehead atoms. The van der Waals surface area contributed by atoms with Crippen LogP contribution < -0.4 is 14.9 Å². The molecule has 0 aromatic heterocycles. The number of amides is 2. The van der Waals surface area contributed by atoms with Crippen molar-refractivity contribution in [1.82, 2.24) is 10.4 Å². The summed E-state index contributed by atoms with van der Waals surface area (Å²) in [4.78, 5) is 25.9. The molecule has 4 rings (SSSR count).